The van der Waals surface area contributed by atoms with Crippen LogP contribution >= 0.6 is 0 Å². The Morgan fingerprint density at radius 1 is 1.29 bits per heavy atom. The molecule has 0 fully saturated rings. The molecule has 1 unspecified atom stereocenters. The number of nitrogens with two attached hydrogens (primary N) is 1. The normalized spacial score (nSPS) is 13.8. The van der Waals surface area contributed by atoms with Gasteiger partial charge >= 0.3 is 6.36 Å². The molecule has 0 spiro atoms. The average molecular weight is 300 g/mol. The van der Waals surface area contributed by atoms with Gasteiger partial charge in [0, 0.05) is 24.3 Å². The molecular formula is C15H19F3N2O. The number of alkyl halides is 3. The van der Waals surface area contributed by atoms with E-state index in [4.69, 9.17) is 5.73 Å². The van der Waals surface area contributed by atoms with Crippen molar-refractivity contribution >= 4 is 10.9 Å². The number of benzene rings is 1. The van der Waals surface area contributed by atoms with Crippen molar-refractivity contribution < 1.29 is 17.9 Å². The monoisotopic (exact) mass is 300 g/mol. The van der Waals surface area contributed by atoms with Gasteiger partial charge in [0.25, 0.3) is 0 Å². The molecule has 2 aromatic rings. The first-order valence-corrected chi connectivity index (χ1v) is 6.93. The Labute approximate surface area is 121 Å². The highest BCUT2D eigenvalue weighted by Gasteiger charge is 2.28. The minimum Gasteiger partial charge on any atom is -0.345 e. The van der Waals surface area contributed by atoms with Crippen LogP contribution in [0.15, 0.2) is 30.5 Å². The molecule has 0 radical (unpaired) electrons. The topological polar surface area (TPSA) is 40.2 Å². The SMILES string of the molecule is CCC(N)Cc1ccc2c(ccn2CCOC(F)(F)F)c1. The number of aromatic nitrogens is 1. The number of halogens is 3. The maximum atomic E-state index is 12.0. The summed E-state index contributed by atoms with van der Waals surface area (Å²) in [6.45, 7) is 1.81. The zero-order chi connectivity index (χ0) is 15.5. The molecular weight excluding hydrogens is 281 g/mol. The summed E-state index contributed by atoms with van der Waals surface area (Å²) in [5.74, 6) is 0. The molecule has 0 aliphatic carbocycles. The number of ether oxygens (including phenoxy) is 1. The van der Waals surface area contributed by atoms with E-state index < -0.39 is 13.0 Å². The van der Waals surface area contributed by atoms with Crippen molar-refractivity contribution in [2.45, 2.75) is 38.7 Å². The van der Waals surface area contributed by atoms with Crippen molar-refractivity contribution in [3.63, 3.8) is 0 Å². The summed E-state index contributed by atoms with van der Waals surface area (Å²) in [5.41, 5.74) is 7.97. The zero-order valence-corrected chi connectivity index (χ0v) is 11.9. The van der Waals surface area contributed by atoms with Gasteiger partial charge in [0.15, 0.2) is 0 Å². The second kappa shape index (κ2) is 6.49. The molecule has 116 valence electrons. The summed E-state index contributed by atoms with van der Waals surface area (Å²) in [6, 6.07) is 7.94. The summed E-state index contributed by atoms with van der Waals surface area (Å²) in [4.78, 5) is 0. The van der Waals surface area contributed by atoms with Gasteiger partial charge in [-0.1, -0.05) is 13.0 Å². The fourth-order valence-electron chi connectivity index (χ4n) is 2.28. The number of fused-ring (bicyclic) bond motifs is 1. The Morgan fingerprint density at radius 2 is 2.05 bits per heavy atom. The van der Waals surface area contributed by atoms with Crippen molar-refractivity contribution in [2.75, 3.05) is 6.61 Å². The summed E-state index contributed by atoms with van der Waals surface area (Å²) in [5, 5.41) is 1.00. The molecule has 0 aliphatic heterocycles. The Hall–Kier alpha value is -1.53. The third kappa shape index (κ3) is 4.47. The van der Waals surface area contributed by atoms with Crippen LogP contribution in [0.4, 0.5) is 13.2 Å². The second-order valence-electron chi connectivity index (χ2n) is 5.07. The van der Waals surface area contributed by atoms with Crippen molar-refractivity contribution in [2.24, 2.45) is 5.73 Å². The van der Waals surface area contributed by atoms with Gasteiger partial charge in [-0.2, -0.15) is 0 Å². The summed E-state index contributed by atoms with van der Waals surface area (Å²) >= 11 is 0. The molecule has 0 saturated carbocycles. The lowest BCUT2D eigenvalue weighted by molar-refractivity contribution is -0.325. The summed E-state index contributed by atoms with van der Waals surface area (Å²) < 4.78 is 41.4. The van der Waals surface area contributed by atoms with Crippen molar-refractivity contribution in [3.8, 4) is 0 Å². The van der Waals surface area contributed by atoms with Gasteiger partial charge in [-0.3, -0.25) is 4.74 Å². The zero-order valence-electron chi connectivity index (χ0n) is 11.9. The average Bonchev–Trinajstić information content (AvgIpc) is 2.80. The van der Waals surface area contributed by atoms with Crippen LogP contribution in [0.5, 0.6) is 0 Å². The first kappa shape index (κ1) is 15.9. The molecule has 1 heterocycles. The van der Waals surface area contributed by atoms with E-state index in [1.165, 1.54) is 0 Å². The highest BCUT2D eigenvalue weighted by atomic mass is 19.4. The highest BCUT2D eigenvalue weighted by molar-refractivity contribution is 5.80. The van der Waals surface area contributed by atoms with Crippen LogP contribution in [-0.4, -0.2) is 23.6 Å². The smallest absolute Gasteiger partial charge is 0.345 e. The number of hydrogen-bond donors (Lipinski definition) is 1. The largest absolute Gasteiger partial charge is 0.522 e. The molecule has 1 atom stereocenters. The van der Waals surface area contributed by atoms with Gasteiger partial charge in [0.1, 0.15) is 0 Å². The predicted molar refractivity (Wildman–Crippen MR) is 75.9 cm³/mol. The molecule has 3 nitrogen and oxygen atoms in total. The van der Waals surface area contributed by atoms with E-state index in [-0.39, 0.29) is 12.6 Å². The molecule has 0 saturated heterocycles. The first-order valence-electron chi connectivity index (χ1n) is 6.93. The Morgan fingerprint density at radius 3 is 2.71 bits per heavy atom. The Kier molecular flexibility index (Phi) is 4.90. The van der Waals surface area contributed by atoms with E-state index >= 15 is 0 Å². The van der Waals surface area contributed by atoms with E-state index in [0.717, 1.165) is 29.3 Å². The molecule has 1 aromatic carbocycles. The number of nitrogens with zero attached hydrogens (tertiary/aromatic N) is 1. The van der Waals surface area contributed by atoms with Crippen LogP contribution in [-0.2, 0) is 17.7 Å². The summed E-state index contributed by atoms with van der Waals surface area (Å²) in [7, 11) is 0. The van der Waals surface area contributed by atoms with Gasteiger partial charge in [-0.25, -0.2) is 0 Å². The van der Waals surface area contributed by atoms with E-state index in [9.17, 15) is 13.2 Å². The van der Waals surface area contributed by atoms with Crippen molar-refractivity contribution in [1.82, 2.24) is 4.57 Å². The van der Waals surface area contributed by atoms with Gasteiger partial charge in [0.05, 0.1) is 6.61 Å². The fraction of sp³-hybridized carbons (Fsp3) is 0.467. The van der Waals surface area contributed by atoms with E-state index in [0.29, 0.717) is 0 Å². The molecule has 1 aromatic heterocycles. The van der Waals surface area contributed by atoms with Crippen molar-refractivity contribution in [3.05, 3.63) is 36.0 Å². The van der Waals surface area contributed by atoms with Crippen LogP contribution in [0.1, 0.15) is 18.9 Å². The van der Waals surface area contributed by atoms with Gasteiger partial charge in [-0.05, 0) is 42.0 Å². The van der Waals surface area contributed by atoms with Crippen LogP contribution in [0.2, 0.25) is 0 Å². The molecule has 21 heavy (non-hydrogen) atoms. The third-order valence-electron chi connectivity index (χ3n) is 3.46. The minimum atomic E-state index is -4.58. The van der Waals surface area contributed by atoms with Gasteiger partial charge in [-0.15, -0.1) is 13.2 Å². The van der Waals surface area contributed by atoms with E-state index in [2.05, 4.69) is 4.74 Å². The number of rotatable bonds is 6. The summed E-state index contributed by atoms with van der Waals surface area (Å²) in [6.07, 6.45) is -1.09. The Balaban J connectivity index is 2.06. The molecule has 6 heteroatoms. The van der Waals surface area contributed by atoms with E-state index in [1.54, 1.807) is 10.8 Å². The maximum Gasteiger partial charge on any atom is 0.522 e. The van der Waals surface area contributed by atoms with Gasteiger partial charge < -0.3 is 10.3 Å². The molecule has 0 amide bonds. The molecule has 2 N–H and O–H groups in total. The maximum absolute atomic E-state index is 12.0. The second-order valence-corrected chi connectivity index (χ2v) is 5.07. The van der Waals surface area contributed by atoms with Gasteiger partial charge in [0.2, 0.25) is 0 Å². The van der Waals surface area contributed by atoms with E-state index in [1.807, 2.05) is 31.2 Å². The predicted octanol–water partition coefficient (Wildman–Crippen LogP) is 3.46. The lowest BCUT2D eigenvalue weighted by Gasteiger charge is -2.10. The first-order chi connectivity index (χ1) is 9.89. The molecule has 0 bridgehead atoms. The van der Waals surface area contributed by atoms with Crippen LogP contribution in [0.25, 0.3) is 10.9 Å². The van der Waals surface area contributed by atoms with Crippen LogP contribution in [0.3, 0.4) is 0 Å². The van der Waals surface area contributed by atoms with Crippen molar-refractivity contribution in [1.29, 1.82) is 0 Å². The fourth-order valence-corrected chi connectivity index (χ4v) is 2.28. The lowest BCUT2D eigenvalue weighted by Crippen LogP contribution is -2.21. The number of hydrogen-bond acceptors (Lipinski definition) is 2. The minimum absolute atomic E-state index is 0.129. The Bertz CT molecular complexity index is 592. The quantitative estimate of drug-likeness (QED) is 0.887. The third-order valence-corrected chi connectivity index (χ3v) is 3.46. The van der Waals surface area contributed by atoms with Crippen LogP contribution < -0.4 is 5.73 Å². The molecule has 2 rings (SSSR count). The standard InChI is InChI=1S/C15H19F3N2O/c1-2-13(19)10-11-3-4-14-12(9-11)5-6-20(14)7-8-21-15(16,17)18/h3-6,9,13H,2,7-8,10,19H2,1H3. The lowest BCUT2D eigenvalue weighted by atomic mass is 10.0. The van der Waals surface area contributed by atoms with Crippen LogP contribution in [0, 0.1) is 0 Å². The molecule has 0 aliphatic rings. The highest BCUT2D eigenvalue weighted by Crippen LogP contribution is 2.20.